The lowest BCUT2D eigenvalue weighted by molar-refractivity contribution is -0.120. The molecule has 0 saturated heterocycles. The summed E-state index contributed by atoms with van der Waals surface area (Å²) in [7, 11) is 0. The van der Waals surface area contributed by atoms with E-state index in [-0.39, 0.29) is 10.8 Å². The third-order valence-electron chi connectivity index (χ3n) is 8.81. The molecule has 0 spiro atoms. The third-order valence-corrected chi connectivity index (χ3v) is 8.81. The highest BCUT2D eigenvalue weighted by atomic mass is 16.3. The van der Waals surface area contributed by atoms with E-state index < -0.39 is 5.60 Å². The smallest absolute Gasteiger partial charge is 0.158 e. The largest absolute Gasteiger partial charge is 0.377 e. The first-order chi connectivity index (χ1) is 11.3. The van der Waals surface area contributed by atoms with Crippen LogP contribution in [-0.2, 0) is 4.79 Å². The van der Waals surface area contributed by atoms with Crippen LogP contribution in [0.1, 0.15) is 72.1 Å². The maximum atomic E-state index is 12.2. The molecule has 0 unspecified atom stereocenters. The molecule has 24 heavy (non-hydrogen) atoms. The van der Waals surface area contributed by atoms with Crippen molar-refractivity contribution in [2.45, 2.75) is 77.7 Å². The maximum Gasteiger partial charge on any atom is 0.158 e. The van der Waals surface area contributed by atoms with Crippen molar-refractivity contribution in [1.82, 2.24) is 0 Å². The first-order valence-electron chi connectivity index (χ1n) is 9.70. The van der Waals surface area contributed by atoms with Crippen molar-refractivity contribution < 1.29 is 9.90 Å². The molecular weight excluding hydrogens is 296 g/mol. The summed E-state index contributed by atoms with van der Waals surface area (Å²) < 4.78 is 0. The number of carbonyl (C=O) groups excluding carboxylic acids is 1. The SMILES string of the molecule is C#C[C@]1(O)CC[C@H]2[C@@H]3CCC4=C(C)C(=O)CC[C@]4(C)[C@H]3CC[C@@]21C. The van der Waals surface area contributed by atoms with Gasteiger partial charge in [-0.3, -0.25) is 4.79 Å². The lowest BCUT2D eigenvalue weighted by Gasteiger charge is -2.59. The second-order valence-electron chi connectivity index (χ2n) is 9.36. The Morgan fingerprint density at radius 3 is 2.50 bits per heavy atom. The number of hydrogen-bond donors (Lipinski definition) is 1. The Hall–Kier alpha value is -1.07. The standard InChI is InChI=1S/C22H30O2/c1-5-22(24)13-9-18-15-6-7-16-14(2)19(23)10-11-20(16,3)17(15)8-12-21(18,22)4/h1,15,17-18,24H,6-13H2,2-4H3/t15-,17+,18+,20+,21+,22+/m1/s1. The number of terminal acetylenes is 1. The van der Waals surface area contributed by atoms with E-state index in [1.807, 2.05) is 0 Å². The highest BCUT2D eigenvalue weighted by Gasteiger charge is 2.63. The van der Waals surface area contributed by atoms with Crippen LogP contribution in [-0.4, -0.2) is 16.5 Å². The molecule has 3 saturated carbocycles. The van der Waals surface area contributed by atoms with Crippen LogP contribution in [0, 0.1) is 40.9 Å². The van der Waals surface area contributed by atoms with E-state index in [0.29, 0.717) is 30.0 Å². The number of Topliss-reactive ketones (excluding diaryl/α,β-unsaturated/α-hetero) is 1. The summed E-state index contributed by atoms with van der Waals surface area (Å²) >= 11 is 0. The molecule has 0 heterocycles. The number of carbonyl (C=O) groups is 1. The Labute approximate surface area is 146 Å². The Kier molecular flexibility index (Phi) is 3.40. The van der Waals surface area contributed by atoms with Crippen LogP contribution in [0.2, 0.25) is 0 Å². The first-order valence-corrected chi connectivity index (χ1v) is 9.70. The van der Waals surface area contributed by atoms with Gasteiger partial charge in [0.25, 0.3) is 0 Å². The maximum absolute atomic E-state index is 12.2. The minimum absolute atomic E-state index is 0.125. The molecule has 0 aromatic heterocycles. The van der Waals surface area contributed by atoms with Crippen molar-refractivity contribution >= 4 is 5.78 Å². The quantitative estimate of drug-likeness (QED) is 0.675. The van der Waals surface area contributed by atoms with Crippen molar-refractivity contribution in [2.24, 2.45) is 28.6 Å². The minimum Gasteiger partial charge on any atom is -0.377 e. The van der Waals surface area contributed by atoms with Gasteiger partial charge in [-0.15, -0.1) is 6.42 Å². The Morgan fingerprint density at radius 2 is 1.79 bits per heavy atom. The minimum atomic E-state index is -0.919. The molecule has 1 N–H and O–H groups in total. The van der Waals surface area contributed by atoms with E-state index in [2.05, 4.69) is 26.7 Å². The molecular formula is C22H30O2. The Morgan fingerprint density at radius 1 is 1.08 bits per heavy atom. The number of fused-ring (bicyclic) bond motifs is 5. The molecule has 0 bridgehead atoms. The summed E-state index contributed by atoms with van der Waals surface area (Å²) in [5.41, 5.74) is 1.66. The van der Waals surface area contributed by atoms with Gasteiger partial charge in [0.2, 0.25) is 0 Å². The third kappa shape index (κ3) is 1.80. The van der Waals surface area contributed by atoms with Crippen LogP contribution in [0.5, 0.6) is 0 Å². The molecule has 0 amide bonds. The summed E-state index contributed by atoms with van der Waals surface area (Å²) in [4.78, 5) is 12.2. The van der Waals surface area contributed by atoms with Crippen molar-refractivity contribution in [2.75, 3.05) is 0 Å². The second-order valence-corrected chi connectivity index (χ2v) is 9.36. The normalized spacial score (nSPS) is 50.8. The summed E-state index contributed by atoms with van der Waals surface area (Å²) in [5.74, 6) is 4.97. The zero-order valence-electron chi connectivity index (χ0n) is 15.3. The molecule has 6 atom stereocenters. The van der Waals surface area contributed by atoms with Gasteiger partial charge >= 0.3 is 0 Å². The molecule has 3 fully saturated rings. The van der Waals surface area contributed by atoms with Gasteiger partial charge in [-0.25, -0.2) is 0 Å². The summed E-state index contributed by atoms with van der Waals surface area (Å²) in [6, 6.07) is 0. The van der Waals surface area contributed by atoms with Gasteiger partial charge in [0.1, 0.15) is 5.60 Å². The Bertz CT molecular complexity index is 668. The lowest BCUT2D eigenvalue weighted by Crippen LogP contribution is -2.54. The van der Waals surface area contributed by atoms with E-state index in [0.717, 1.165) is 44.1 Å². The lowest BCUT2D eigenvalue weighted by atomic mass is 9.46. The first kappa shape index (κ1) is 16.4. The average Bonchev–Trinajstić information content (AvgIpc) is 2.84. The van der Waals surface area contributed by atoms with Crippen LogP contribution < -0.4 is 0 Å². The van der Waals surface area contributed by atoms with Crippen LogP contribution >= 0.6 is 0 Å². The van der Waals surface area contributed by atoms with Gasteiger partial charge in [-0.1, -0.05) is 25.3 Å². The molecule has 0 aromatic carbocycles. The van der Waals surface area contributed by atoms with E-state index in [1.54, 1.807) is 0 Å². The molecule has 4 aliphatic carbocycles. The molecule has 2 nitrogen and oxygen atoms in total. The van der Waals surface area contributed by atoms with Crippen LogP contribution in [0.25, 0.3) is 0 Å². The second kappa shape index (κ2) is 4.98. The predicted molar refractivity (Wildman–Crippen MR) is 95.1 cm³/mol. The fraction of sp³-hybridized carbons (Fsp3) is 0.773. The Balaban J connectivity index is 1.73. The van der Waals surface area contributed by atoms with E-state index in [1.165, 1.54) is 12.0 Å². The van der Waals surface area contributed by atoms with Gasteiger partial charge < -0.3 is 5.11 Å². The van der Waals surface area contributed by atoms with Crippen LogP contribution in [0.15, 0.2) is 11.1 Å². The number of allylic oxidation sites excluding steroid dienone is 1. The number of ketones is 1. The number of rotatable bonds is 0. The molecule has 0 aromatic rings. The fourth-order valence-electron chi connectivity index (χ4n) is 7.24. The van der Waals surface area contributed by atoms with Crippen molar-refractivity contribution in [1.29, 1.82) is 0 Å². The molecule has 0 aliphatic heterocycles. The molecule has 130 valence electrons. The zero-order valence-corrected chi connectivity index (χ0v) is 15.3. The van der Waals surface area contributed by atoms with E-state index in [4.69, 9.17) is 6.42 Å². The molecule has 2 heteroatoms. The summed E-state index contributed by atoms with van der Waals surface area (Å²) in [6.07, 6.45) is 13.7. The van der Waals surface area contributed by atoms with Crippen molar-refractivity contribution in [3.63, 3.8) is 0 Å². The highest BCUT2D eigenvalue weighted by molar-refractivity contribution is 5.96. The molecule has 0 radical (unpaired) electrons. The zero-order chi connectivity index (χ0) is 17.3. The monoisotopic (exact) mass is 326 g/mol. The topological polar surface area (TPSA) is 37.3 Å². The van der Waals surface area contributed by atoms with Crippen molar-refractivity contribution in [3.8, 4) is 12.3 Å². The summed E-state index contributed by atoms with van der Waals surface area (Å²) in [5, 5.41) is 11.0. The fourth-order valence-corrected chi connectivity index (χ4v) is 7.24. The van der Waals surface area contributed by atoms with Gasteiger partial charge in [0.15, 0.2) is 5.78 Å². The number of aliphatic hydroxyl groups is 1. The van der Waals surface area contributed by atoms with Crippen molar-refractivity contribution in [3.05, 3.63) is 11.1 Å². The predicted octanol–water partition coefficient (Wildman–Crippen LogP) is 4.27. The van der Waals surface area contributed by atoms with Gasteiger partial charge in [0.05, 0.1) is 0 Å². The average molecular weight is 326 g/mol. The molecule has 4 aliphatic rings. The summed E-state index contributed by atoms with van der Waals surface area (Å²) in [6.45, 7) is 6.71. The van der Waals surface area contributed by atoms with Gasteiger partial charge in [0, 0.05) is 11.8 Å². The van der Waals surface area contributed by atoms with Gasteiger partial charge in [-0.2, -0.15) is 0 Å². The highest BCUT2D eigenvalue weighted by Crippen LogP contribution is 2.67. The van der Waals surface area contributed by atoms with Crippen LogP contribution in [0.3, 0.4) is 0 Å². The van der Waals surface area contributed by atoms with E-state index >= 15 is 0 Å². The van der Waals surface area contributed by atoms with E-state index in [9.17, 15) is 9.90 Å². The van der Waals surface area contributed by atoms with Gasteiger partial charge in [-0.05, 0) is 80.6 Å². The number of hydrogen-bond acceptors (Lipinski definition) is 2. The molecule has 4 rings (SSSR count). The van der Waals surface area contributed by atoms with Crippen LogP contribution in [0.4, 0.5) is 0 Å².